The first kappa shape index (κ1) is 15.5. The van der Waals surface area contributed by atoms with E-state index in [9.17, 15) is 5.11 Å². The van der Waals surface area contributed by atoms with Crippen LogP contribution in [0.25, 0.3) is 0 Å². The molecule has 116 valence electrons. The van der Waals surface area contributed by atoms with Crippen molar-refractivity contribution in [3.8, 4) is 0 Å². The Kier molecular flexibility index (Phi) is 5.03. The summed E-state index contributed by atoms with van der Waals surface area (Å²) < 4.78 is 7.55. The smallest absolute Gasteiger partial charge is 0.0687 e. The molecule has 0 amide bonds. The number of rotatable bonds is 4. The molecule has 1 aliphatic heterocycles. The number of aliphatic hydroxyl groups is 1. The minimum absolute atomic E-state index is 0.171. The Hall–Kier alpha value is -0.380. The summed E-state index contributed by atoms with van der Waals surface area (Å²) in [6, 6.07) is 8.22. The summed E-state index contributed by atoms with van der Waals surface area (Å²) >= 11 is 3.61. The molecule has 2 nitrogen and oxygen atoms in total. The Balaban J connectivity index is 1.64. The molecule has 0 radical (unpaired) electrons. The predicted molar refractivity (Wildman–Crippen MR) is 88.5 cm³/mol. The lowest BCUT2D eigenvalue weighted by atomic mass is 9.83. The Labute approximate surface area is 136 Å². The van der Waals surface area contributed by atoms with E-state index < -0.39 is 0 Å². The summed E-state index contributed by atoms with van der Waals surface area (Å²) in [5, 5.41) is 9.79. The number of ether oxygens (including phenoxy) is 1. The van der Waals surface area contributed by atoms with Gasteiger partial charge >= 0.3 is 0 Å². The molecule has 1 saturated heterocycles. The lowest BCUT2D eigenvalue weighted by Gasteiger charge is -2.33. The molecule has 1 saturated carbocycles. The normalized spacial score (nSPS) is 26.1. The predicted octanol–water partition coefficient (Wildman–Crippen LogP) is 4.80. The highest BCUT2D eigenvalue weighted by Crippen LogP contribution is 2.44. The second kappa shape index (κ2) is 6.80. The highest BCUT2D eigenvalue weighted by Gasteiger charge is 2.41. The maximum Gasteiger partial charge on any atom is 0.0687 e. The van der Waals surface area contributed by atoms with Gasteiger partial charge in [0.1, 0.15) is 0 Å². The third-order valence-electron chi connectivity index (χ3n) is 5.22. The van der Waals surface area contributed by atoms with Crippen LogP contribution in [-0.4, -0.2) is 23.4 Å². The summed E-state index contributed by atoms with van der Waals surface area (Å²) in [6.07, 6.45) is 10.1. The van der Waals surface area contributed by atoms with Gasteiger partial charge in [0.15, 0.2) is 0 Å². The quantitative estimate of drug-likeness (QED) is 0.843. The van der Waals surface area contributed by atoms with Crippen LogP contribution < -0.4 is 0 Å². The zero-order valence-electron chi connectivity index (χ0n) is 12.6. The van der Waals surface area contributed by atoms with Crippen LogP contribution in [0.3, 0.4) is 0 Å². The van der Waals surface area contributed by atoms with E-state index in [2.05, 4.69) is 28.1 Å². The van der Waals surface area contributed by atoms with Crippen LogP contribution in [-0.2, 0) is 4.74 Å². The fourth-order valence-corrected chi connectivity index (χ4v) is 4.66. The van der Waals surface area contributed by atoms with Crippen molar-refractivity contribution < 1.29 is 9.84 Å². The van der Waals surface area contributed by atoms with Crippen LogP contribution in [0.1, 0.15) is 62.8 Å². The topological polar surface area (TPSA) is 29.5 Å². The minimum Gasteiger partial charge on any atom is -0.396 e. The SMILES string of the molecule is OCC(CC1CCC2(CCCCC2)O1)c1ccccc1Br. The van der Waals surface area contributed by atoms with E-state index in [4.69, 9.17) is 4.74 Å². The van der Waals surface area contributed by atoms with Gasteiger partial charge in [-0.05, 0) is 43.7 Å². The highest BCUT2D eigenvalue weighted by molar-refractivity contribution is 9.10. The van der Waals surface area contributed by atoms with Gasteiger partial charge < -0.3 is 9.84 Å². The zero-order chi connectivity index (χ0) is 14.7. The Bertz CT molecular complexity index is 468. The highest BCUT2D eigenvalue weighted by atomic mass is 79.9. The summed E-state index contributed by atoms with van der Waals surface area (Å²) in [5.41, 5.74) is 1.38. The van der Waals surface area contributed by atoms with E-state index in [1.54, 1.807) is 0 Å². The Morgan fingerprint density at radius 3 is 2.67 bits per heavy atom. The molecule has 1 N–H and O–H groups in total. The standard InChI is InChI=1S/C18H25BrO2/c19-17-7-3-2-6-16(17)14(13-20)12-15-8-11-18(21-15)9-4-1-5-10-18/h2-3,6-7,14-15,20H,1,4-5,8-13H2. The summed E-state index contributed by atoms with van der Waals surface area (Å²) in [4.78, 5) is 0. The molecule has 2 aliphatic rings. The molecule has 3 heteroatoms. The maximum atomic E-state index is 9.79. The van der Waals surface area contributed by atoms with E-state index >= 15 is 0 Å². The van der Waals surface area contributed by atoms with Gasteiger partial charge in [-0.15, -0.1) is 0 Å². The average Bonchev–Trinajstić information content (AvgIpc) is 2.89. The largest absolute Gasteiger partial charge is 0.396 e. The van der Waals surface area contributed by atoms with Gasteiger partial charge in [-0.3, -0.25) is 0 Å². The molecule has 0 aromatic heterocycles. The fourth-order valence-electron chi connectivity index (χ4n) is 4.05. The first-order chi connectivity index (χ1) is 10.2. The maximum absolute atomic E-state index is 9.79. The van der Waals surface area contributed by atoms with Gasteiger partial charge in [0, 0.05) is 10.4 Å². The van der Waals surface area contributed by atoms with Crippen LogP contribution in [0.5, 0.6) is 0 Å². The molecule has 1 aromatic carbocycles. The van der Waals surface area contributed by atoms with Crippen molar-refractivity contribution in [3.63, 3.8) is 0 Å². The molecule has 1 heterocycles. The van der Waals surface area contributed by atoms with E-state index in [1.165, 1.54) is 44.1 Å². The van der Waals surface area contributed by atoms with Crippen LogP contribution in [0, 0.1) is 0 Å². The van der Waals surface area contributed by atoms with Crippen LogP contribution in [0.4, 0.5) is 0 Å². The summed E-state index contributed by atoms with van der Waals surface area (Å²) in [5.74, 6) is 0.171. The molecule has 2 atom stereocenters. The molecule has 3 rings (SSSR count). The fraction of sp³-hybridized carbons (Fsp3) is 0.667. The van der Waals surface area contributed by atoms with Crippen molar-refractivity contribution in [1.82, 2.24) is 0 Å². The molecule has 21 heavy (non-hydrogen) atoms. The molecule has 1 aliphatic carbocycles. The molecular weight excluding hydrogens is 328 g/mol. The van der Waals surface area contributed by atoms with Crippen LogP contribution in [0.15, 0.2) is 28.7 Å². The lowest BCUT2D eigenvalue weighted by molar-refractivity contribution is -0.0685. The first-order valence-corrected chi connectivity index (χ1v) is 9.05. The number of hydrogen-bond donors (Lipinski definition) is 1. The lowest BCUT2D eigenvalue weighted by Crippen LogP contribution is -2.32. The number of halogens is 1. The second-order valence-corrected chi connectivity index (χ2v) is 7.51. The van der Waals surface area contributed by atoms with Crippen molar-refractivity contribution >= 4 is 15.9 Å². The van der Waals surface area contributed by atoms with Crippen molar-refractivity contribution in [2.75, 3.05) is 6.61 Å². The van der Waals surface area contributed by atoms with Gasteiger partial charge in [-0.25, -0.2) is 0 Å². The second-order valence-electron chi connectivity index (χ2n) is 6.66. The molecule has 0 bridgehead atoms. The molecular formula is C18H25BrO2. The summed E-state index contributed by atoms with van der Waals surface area (Å²) in [6.45, 7) is 0.190. The van der Waals surface area contributed by atoms with Crippen molar-refractivity contribution in [1.29, 1.82) is 0 Å². The van der Waals surface area contributed by atoms with E-state index in [0.717, 1.165) is 17.3 Å². The van der Waals surface area contributed by atoms with Gasteiger partial charge in [0.25, 0.3) is 0 Å². The third kappa shape index (κ3) is 3.52. The molecule has 1 spiro atoms. The monoisotopic (exact) mass is 352 g/mol. The summed E-state index contributed by atoms with van der Waals surface area (Å²) in [7, 11) is 0. The van der Waals surface area contributed by atoms with Crippen LogP contribution in [0.2, 0.25) is 0 Å². The van der Waals surface area contributed by atoms with Gasteiger partial charge in [0.2, 0.25) is 0 Å². The first-order valence-electron chi connectivity index (χ1n) is 8.25. The molecule has 1 aromatic rings. The van der Waals surface area contributed by atoms with E-state index in [0.29, 0.717) is 6.10 Å². The zero-order valence-corrected chi connectivity index (χ0v) is 14.1. The van der Waals surface area contributed by atoms with E-state index in [-0.39, 0.29) is 18.1 Å². The molecule has 2 fully saturated rings. The van der Waals surface area contributed by atoms with Gasteiger partial charge in [-0.1, -0.05) is 53.4 Å². The number of benzene rings is 1. The number of aliphatic hydroxyl groups excluding tert-OH is 1. The van der Waals surface area contributed by atoms with Crippen molar-refractivity contribution in [2.45, 2.75) is 69.0 Å². The third-order valence-corrected chi connectivity index (χ3v) is 5.94. The average molecular weight is 353 g/mol. The molecule has 2 unspecified atom stereocenters. The number of hydrogen-bond acceptors (Lipinski definition) is 2. The van der Waals surface area contributed by atoms with Gasteiger partial charge in [-0.2, -0.15) is 0 Å². The van der Waals surface area contributed by atoms with Crippen LogP contribution >= 0.6 is 15.9 Å². The Morgan fingerprint density at radius 2 is 1.95 bits per heavy atom. The van der Waals surface area contributed by atoms with Crippen molar-refractivity contribution in [3.05, 3.63) is 34.3 Å². The van der Waals surface area contributed by atoms with E-state index in [1.807, 2.05) is 12.1 Å². The Morgan fingerprint density at radius 1 is 1.19 bits per heavy atom. The minimum atomic E-state index is 0.171. The van der Waals surface area contributed by atoms with Gasteiger partial charge in [0.05, 0.1) is 18.3 Å². The van der Waals surface area contributed by atoms with Crippen molar-refractivity contribution in [2.24, 2.45) is 0 Å².